The van der Waals surface area contributed by atoms with Gasteiger partial charge in [-0.3, -0.25) is 0 Å². The van der Waals surface area contributed by atoms with E-state index < -0.39 is 16.1 Å². The molecule has 1 aliphatic rings. The quantitative estimate of drug-likeness (QED) is 0.766. The van der Waals surface area contributed by atoms with Crippen molar-refractivity contribution in [1.29, 1.82) is 0 Å². The number of amides is 2. The number of hydrogen-bond acceptors (Lipinski definition) is 4. The van der Waals surface area contributed by atoms with E-state index in [1.165, 1.54) is 18.6 Å². The minimum Gasteiger partial charge on any atom is -0.335 e. The Morgan fingerprint density at radius 1 is 1.22 bits per heavy atom. The fraction of sp³-hybridized carbons (Fsp3) is 0.562. The van der Waals surface area contributed by atoms with Crippen molar-refractivity contribution >= 4 is 16.1 Å². The van der Waals surface area contributed by atoms with E-state index in [-0.39, 0.29) is 17.0 Å². The van der Waals surface area contributed by atoms with Gasteiger partial charge in [-0.25, -0.2) is 17.9 Å². The Morgan fingerprint density at radius 2 is 1.83 bits per heavy atom. The predicted octanol–water partition coefficient (Wildman–Crippen LogP) is 2.42. The molecular formula is C16H25N3O3S. The van der Waals surface area contributed by atoms with Gasteiger partial charge in [-0.15, -0.1) is 0 Å². The first kappa shape index (κ1) is 17.7. The minimum atomic E-state index is -3.86. The summed E-state index contributed by atoms with van der Waals surface area (Å²) in [7, 11) is -3.86. The van der Waals surface area contributed by atoms with E-state index in [1.54, 1.807) is 12.1 Å². The molecule has 0 aromatic heterocycles. The number of benzene rings is 1. The zero-order chi connectivity index (χ0) is 16.9. The molecule has 0 aliphatic heterocycles. The lowest BCUT2D eigenvalue weighted by Crippen LogP contribution is -2.45. The molecule has 0 bridgehead atoms. The standard InChI is InChI=1S/C16H25N3O3S/c1-2-15(17)12-8-10-14(11-9-12)23(21,22)19-16(20)18-13-6-4-3-5-7-13/h8-11,13,15H,2-7,17H2,1H3,(H2,18,19,20). The van der Waals surface area contributed by atoms with E-state index in [2.05, 4.69) is 10.0 Å². The van der Waals surface area contributed by atoms with Crippen LogP contribution in [0.4, 0.5) is 4.79 Å². The molecule has 0 radical (unpaired) electrons. The Kier molecular flexibility index (Phi) is 6.01. The van der Waals surface area contributed by atoms with Gasteiger partial charge < -0.3 is 11.1 Å². The third-order valence-corrected chi connectivity index (χ3v) is 5.57. The molecule has 1 unspecified atom stereocenters. The van der Waals surface area contributed by atoms with Gasteiger partial charge in [0, 0.05) is 12.1 Å². The van der Waals surface area contributed by atoms with Crippen LogP contribution in [0.15, 0.2) is 29.2 Å². The van der Waals surface area contributed by atoms with Crippen LogP contribution >= 0.6 is 0 Å². The van der Waals surface area contributed by atoms with Crippen LogP contribution in [-0.2, 0) is 10.0 Å². The second-order valence-electron chi connectivity index (χ2n) is 6.00. The van der Waals surface area contributed by atoms with Gasteiger partial charge in [0.15, 0.2) is 0 Å². The molecule has 2 rings (SSSR count). The van der Waals surface area contributed by atoms with Crippen LogP contribution in [0.5, 0.6) is 0 Å². The lowest BCUT2D eigenvalue weighted by Gasteiger charge is -2.22. The summed E-state index contributed by atoms with van der Waals surface area (Å²) >= 11 is 0. The molecule has 4 N–H and O–H groups in total. The minimum absolute atomic E-state index is 0.0587. The maximum Gasteiger partial charge on any atom is 0.328 e. The van der Waals surface area contributed by atoms with Crippen LogP contribution in [0.3, 0.4) is 0 Å². The normalized spacial score (nSPS) is 17.5. The van der Waals surface area contributed by atoms with Gasteiger partial charge in [-0.2, -0.15) is 0 Å². The SMILES string of the molecule is CCC(N)c1ccc(S(=O)(=O)NC(=O)NC2CCCCC2)cc1. The van der Waals surface area contributed by atoms with Crippen molar-refractivity contribution in [3.8, 4) is 0 Å². The summed E-state index contributed by atoms with van der Waals surface area (Å²) in [5.74, 6) is 0. The molecule has 1 atom stereocenters. The number of rotatable bonds is 5. The molecule has 7 heteroatoms. The molecule has 0 heterocycles. The maximum absolute atomic E-state index is 12.2. The van der Waals surface area contributed by atoms with E-state index in [4.69, 9.17) is 5.73 Å². The first-order valence-corrected chi connectivity index (χ1v) is 9.59. The summed E-state index contributed by atoms with van der Waals surface area (Å²) in [5, 5.41) is 2.73. The largest absolute Gasteiger partial charge is 0.335 e. The Morgan fingerprint density at radius 3 is 2.39 bits per heavy atom. The predicted molar refractivity (Wildman–Crippen MR) is 89.4 cm³/mol. The molecule has 1 aliphatic carbocycles. The number of nitrogens with one attached hydrogen (secondary N) is 2. The van der Waals surface area contributed by atoms with Crippen LogP contribution in [0.2, 0.25) is 0 Å². The highest BCUT2D eigenvalue weighted by Crippen LogP contribution is 2.18. The zero-order valence-electron chi connectivity index (χ0n) is 13.4. The molecule has 0 saturated heterocycles. The van der Waals surface area contributed by atoms with Gasteiger partial charge in [0.1, 0.15) is 0 Å². The summed E-state index contributed by atoms with van der Waals surface area (Å²) in [5.41, 5.74) is 6.78. The number of carbonyl (C=O) groups excluding carboxylic acids is 1. The van der Waals surface area contributed by atoms with Crippen molar-refractivity contribution in [3.63, 3.8) is 0 Å². The van der Waals surface area contributed by atoms with Crippen LogP contribution in [0.25, 0.3) is 0 Å². The van der Waals surface area contributed by atoms with E-state index >= 15 is 0 Å². The van der Waals surface area contributed by atoms with Gasteiger partial charge in [0.05, 0.1) is 4.90 Å². The van der Waals surface area contributed by atoms with Crippen molar-refractivity contribution < 1.29 is 13.2 Å². The zero-order valence-corrected chi connectivity index (χ0v) is 14.2. The third-order valence-electron chi connectivity index (χ3n) is 4.23. The summed E-state index contributed by atoms with van der Waals surface area (Å²) in [6.07, 6.45) is 5.88. The number of hydrogen-bond donors (Lipinski definition) is 3. The highest BCUT2D eigenvalue weighted by molar-refractivity contribution is 7.90. The molecule has 1 fully saturated rings. The molecule has 6 nitrogen and oxygen atoms in total. The Bertz CT molecular complexity index is 622. The van der Waals surface area contributed by atoms with Crippen LogP contribution < -0.4 is 15.8 Å². The Balaban J connectivity index is 1.98. The first-order chi connectivity index (χ1) is 10.9. The molecule has 0 spiro atoms. The van der Waals surface area contributed by atoms with Gasteiger partial charge >= 0.3 is 6.03 Å². The van der Waals surface area contributed by atoms with Crippen LogP contribution in [-0.4, -0.2) is 20.5 Å². The van der Waals surface area contributed by atoms with Gasteiger partial charge in [-0.05, 0) is 37.0 Å². The van der Waals surface area contributed by atoms with E-state index in [0.29, 0.717) is 0 Å². The summed E-state index contributed by atoms with van der Waals surface area (Å²) in [6.45, 7) is 1.96. The third kappa shape index (κ3) is 4.94. The summed E-state index contributed by atoms with van der Waals surface area (Å²) in [4.78, 5) is 12.0. The number of sulfonamides is 1. The second-order valence-corrected chi connectivity index (χ2v) is 7.68. The summed E-state index contributed by atoms with van der Waals surface area (Å²) < 4.78 is 26.5. The van der Waals surface area contributed by atoms with Crippen LogP contribution in [0, 0.1) is 0 Å². The fourth-order valence-electron chi connectivity index (χ4n) is 2.77. The van der Waals surface area contributed by atoms with E-state index in [0.717, 1.165) is 37.7 Å². The Hall–Kier alpha value is -1.60. The molecule has 1 aromatic carbocycles. The molecule has 2 amide bonds. The van der Waals surface area contributed by atoms with Crippen molar-refractivity contribution in [2.75, 3.05) is 0 Å². The molecule has 128 valence electrons. The van der Waals surface area contributed by atoms with Crippen molar-refractivity contribution in [2.24, 2.45) is 5.73 Å². The monoisotopic (exact) mass is 339 g/mol. The maximum atomic E-state index is 12.2. The average molecular weight is 339 g/mol. The Labute approximate surface area is 137 Å². The lowest BCUT2D eigenvalue weighted by atomic mass is 9.96. The van der Waals surface area contributed by atoms with Crippen molar-refractivity contribution in [1.82, 2.24) is 10.0 Å². The molecule has 23 heavy (non-hydrogen) atoms. The average Bonchev–Trinajstić information content (AvgIpc) is 2.54. The lowest BCUT2D eigenvalue weighted by molar-refractivity contribution is 0.237. The van der Waals surface area contributed by atoms with Gasteiger partial charge in [0.2, 0.25) is 0 Å². The highest BCUT2D eigenvalue weighted by atomic mass is 32.2. The van der Waals surface area contributed by atoms with Crippen molar-refractivity contribution in [2.45, 2.75) is 62.4 Å². The number of urea groups is 1. The summed E-state index contributed by atoms with van der Waals surface area (Å²) in [6, 6.07) is 5.59. The van der Waals surface area contributed by atoms with Crippen LogP contribution in [0.1, 0.15) is 57.1 Å². The second kappa shape index (κ2) is 7.79. The van der Waals surface area contributed by atoms with E-state index in [9.17, 15) is 13.2 Å². The molecular weight excluding hydrogens is 314 g/mol. The number of nitrogens with two attached hydrogens (primary N) is 1. The highest BCUT2D eigenvalue weighted by Gasteiger charge is 2.21. The topological polar surface area (TPSA) is 101 Å². The smallest absolute Gasteiger partial charge is 0.328 e. The van der Waals surface area contributed by atoms with Gasteiger partial charge in [0.25, 0.3) is 10.0 Å². The molecule has 1 aromatic rings. The van der Waals surface area contributed by atoms with Crippen molar-refractivity contribution in [3.05, 3.63) is 29.8 Å². The van der Waals surface area contributed by atoms with E-state index in [1.807, 2.05) is 6.92 Å². The molecule has 1 saturated carbocycles. The number of carbonyl (C=O) groups is 1. The van der Waals surface area contributed by atoms with Gasteiger partial charge in [-0.1, -0.05) is 38.3 Å². The first-order valence-electron chi connectivity index (χ1n) is 8.11. The fourth-order valence-corrected chi connectivity index (χ4v) is 3.69.